The van der Waals surface area contributed by atoms with Crippen molar-refractivity contribution in [2.24, 2.45) is 0 Å². The number of halogens is 2. The molecule has 2 aliphatic heterocycles. The Morgan fingerprint density at radius 1 is 0.591 bits per heavy atom. The Bertz CT molecular complexity index is 1920. The van der Waals surface area contributed by atoms with Gasteiger partial charge in [-0.15, -0.1) is 0 Å². The smallest absolute Gasteiger partial charge is 0.241 e. The van der Waals surface area contributed by atoms with E-state index in [2.05, 4.69) is 9.97 Å². The molecule has 0 radical (unpaired) electrons. The van der Waals surface area contributed by atoms with Crippen molar-refractivity contribution in [2.45, 2.75) is 11.8 Å². The van der Waals surface area contributed by atoms with Crippen LogP contribution < -0.4 is 18.9 Å². The number of nitrogens with zero attached hydrogens (tertiary/aromatic N) is 2. The van der Waals surface area contributed by atoms with Crippen LogP contribution in [0.3, 0.4) is 0 Å². The molecular formula is C34H24F2N4O4. The first-order valence-electron chi connectivity index (χ1n) is 13.9. The summed E-state index contributed by atoms with van der Waals surface area (Å²) in [6.45, 7) is 0. The zero-order chi connectivity index (χ0) is 29.9. The van der Waals surface area contributed by atoms with Crippen LogP contribution in [-0.2, 0) is 0 Å². The minimum Gasteiger partial charge on any atom is -0.493 e. The maximum Gasteiger partial charge on any atom is 0.241 e. The van der Waals surface area contributed by atoms with Crippen molar-refractivity contribution in [3.63, 3.8) is 0 Å². The molecule has 4 aromatic carbocycles. The van der Waals surface area contributed by atoms with Gasteiger partial charge in [0, 0.05) is 23.0 Å². The summed E-state index contributed by atoms with van der Waals surface area (Å²) in [5.74, 6) is 1.45. The van der Waals surface area contributed by atoms with Gasteiger partial charge in [-0.25, -0.2) is 8.78 Å². The zero-order valence-electron chi connectivity index (χ0n) is 23.5. The van der Waals surface area contributed by atoms with Crippen molar-refractivity contribution in [3.05, 3.63) is 119 Å². The number of rotatable bonds is 5. The number of benzene rings is 4. The number of hydrogen-bond donors (Lipinski definition) is 2. The first-order valence-corrected chi connectivity index (χ1v) is 13.9. The molecule has 4 heterocycles. The molecule has 0 amide bonds. The van der Waals surface area contributed by atoms with Crippen molar-refractivity contribution >= 4 is 0 Å². The highest BCUT2D eigenvalue weighted by molar-refractivity contribution is 5.68. The van der Waals surface area contributed by atoms with Gasteiger partial charge >= 0.3 is 0 Å². The van der Waals surface area contributed by atoms with Gasteiger partial charge < -0.3 is 28.9 Å². The Morgan fingerprint density at radius 2 is 1.02 bits per heavy atom. The fraction of sp³-hybridized carbons (Fsp3) is 0.118. The van der Waals surface area contributed by atoms with E-state index in [0.29, 0.717) is 57.2 Å². The Kier molecular flexibility index (Phi) is 5.90. The molecule has 2 N–H and O–H groups in total. The molecule has 6 aromatic rings. The standard InChI is InChI=1S/C34H24F2N4O4/c1-41-23-15-7-11-19-25(27-33(43-29(19)23)39-31(37-27)17-9-3-5-13-21(17)35)26-20-12-8-16-24(42-2)30(20)44-34-28(26)38-32(40-34)18-10-4-6-14-22(18)36/h3-16,25-26H,1-2H3,(H,37,39)(H,38,40). The Morgan fingerprint density at radius 3 is 1.43 bits per heavy atom. The summed E-state index contributed by atoms with van der Waals surface area (Å²) < 4.78 is 54.0. The van der Waals surface area contributed by atoms with Crippen molar-refractivity contribution in [3.8, 4) is 57.5 Å². The number of ether oxygens (including phenoxy) is 4. The fourth-order valence-electron chi connectivity index (χ4n) is 6.17. The number of fused-ring (bicyclic) bond motifs is 4. The van der Waals surface area contributed by atoms with Gasteiger partial charge in [0.1, 0.15) is 23.3 Å². The molecule has 0 bridgehead atoms. The molecule has 0 fully saturated rings. The number of aromatic amines is 2. The van der Waals surface area contributed by atoms with E-state index in [9.17, 15) is 8.78 Å². The Balaban J connectivity index is 1.40. The second-order valence-electron chi connectivity index (χ2n) is 10.5. The third-order valence-corrected chi connectivity index (χ3v) is 8.13. The van der Waals surface area contributed by atoms with E-state index in [1.807, 2.05) is 36.4 Å². The summed E-state index contributed by atoms with van der Waals surface area (Å²) >= 11 is 0. The van der Waals surface area contributed by atoms with Crippen molar-refractivity contribution < 1.29 is 27.7 Å². The van der Waals surface area contributed by atoms with Gasteiger partial charge in [-0.3, -0.25) is 0 Å². The van der Waals surface area contributed by atoms with Crippen LogP contribution in [0.4, 0.5) is 8.78 Å². The SMILES string of the molecule is COc1cccc2c1Oc1nc(-c3ccccc3F)[nH]c1C2C1c2cccc(OC)c2Oc2nc(-c3ccccc3F)[nH]c21. The molecule has 10 heteroatoms. The predicted molar refractivity (Wildman–Crippen MR) is 158 cm³/mol. The van der Waals surface area contributed by atoms with Crippen LogP contribution in [0.5, 0.6) is 34.8 Å². The summed E-state index contributed by atoms with van der Waals surface area (Å²) in [6, 6.07) is 24.1. The molecule has 44 heavy (non-hydrogen) atoms. The maximum absolute atomic E-state index is 15.0. The van der Waals surface area contributed by atoms with Gasteiger partial charge in [0.2, 0.25) is 11.8 Å². The van der Waals surface area contributed by atoms with Gasteiger partial charge in [-0.2, -0.15) is 9.97 Å². The summed E-state index contributed by atoms with van der Waals surface area (Å²) in [7, 11) is 3.14. The summed E-state index contributed by atoms with van der Waals surface area (Å²) in [5.41, 5.74) is 3.45. The molecule has 2 aliphatic rings. The molecule has 2 atom stereocenters. The largest absolute Gasteiger partial charge is 0.493 e. The molecule has 0 saturated heterocycles. The second kappa shape index (κ2) is 9.98. The van der Waals surface area contributed by atoms with Gasteiger partial charge in [-0.05, 0) is 36.4 Å². The number of H-pyrrole nitrogens is 2. The number of nitrogens with one attached hydrogen (secondary N) is 2. The van der Waals surface area contributed by atoms with Crippen LogP contribution in [0.1, 0.15) is 34.4 Å². The lowest BCUT2D eigenvalue weighted by atomic mass is 9.75. The molecule has 0 saturated carbocycles. The van der Waals surface area contributed by atoms with Crippen molar-refractivity contribution in [1.82, 2.24) is 19.9 Å². The zero-order valence-corrected chi connectivity index (χ0v) is 23.5. The first kappa shape index (κ1) is 26.0. The fourth-order valence-corrected chi connectivity index (χ4v) is 6.17. The van der Waals surface area contributed by atoms with E-state index in [-0.39, 0.29) is 11.8 Å². The highest BCUT2D eigenvalue weighted by atomic mass is 19.1. The lowest BCUT2D eigenvalue weighted by Crippen LogP contribution is -2.22. The normalized spacial score (nSPS) is 16.1. The topological polar surface area (TPSA) is 94.3 Å². The first-order chi connectivity index (χ1) is 21.6. The van der Waals surface area contributed by atoms with Crippen molar-refractivity contribution in [1.29, 1.82) is 0 Å². The Hall–Kier alpha value is -5.64. The summed E-state index contributed by atoms with van der Waals surface area (Å²) in [6.07, 6.45) is 0. The van der Waals surface area contributed by atoms with E-state index in [0.717, 1.165) is 11.1 Å². The van der Waals surface area contributed by atoms with Gasteiger partial charge in [0.15, 0.2) is 23.0 Å². The third kappa shape index (κ3) is 3.87. The lowest BCUT2D eigenvalue weighted by molar-refractivity contribution is 0.346. The maximum atomic E-state index is 15.0. The monoisotopic (exact) mass is 590 g/mol. The quantitative estimate of drug-likeness (QED) is 0.212. The van der Waals surface area contributed by atoms with Crippen LogP contribution in [-0.4, -0.2) is 34.2 Å². The molecule has 218 valence electrons. The van der Waals surface area contributed by atoms with E-state index in [4.69, 9.17) is 28.9 Å². The molecule has 0 spiro atoms. The van der Waals surface area contributed by atoms with Crippen LogP contribution in [0, 0.1) is 11.6 Å². The molecule has 2 unspecified atom stereocenters. The highest BCUT2D eigenvalue weighted by Gasteiger charge is 2.45. The summed E-state index contributed by atoms with van der Waals surface area (Å²) in [5, 5.41) is 0. The molecule has 0 aliphatic carbocycles. The molecule has 2 aromatic heterocycles. The average Bonchev–Trinajstić information content (AvgIpc) is 3.67. The van der Waals surface area contributed by atoms with E-state index in [1.54, 1.807) is 50.6 Å². The lowest BCUT2D eigenvalue weighted by Gasteiger charge is -2.35. The Labute approximate surface area is 250 Å². The van der Waals surface area contributed by atoms with E-state index >= 15 is 0 Å². The number of methoxy groups -OCH3 is 2. The molecule has 8 rings (SSSR count). The highest BCUT2D eigenvalue weighted by Crippen LogP contribution is 2.59. The van der Waals surface area contributed by atoms with Gasteiger partial charge in [0.25, 0.3) is 0 Å². The van der Waals surface area contributed by atoms with Crippen LogP contribution >= 0.6 is 0 Å². The number of imidazole rings is 2. The third-order valence-electron chi connectivity index (χ3n) is 8.13. The minimum atomic E-state index is -0.473. The molecular weight excluding hydrogens is 566 g/mol. The average molecular weight is 591 g/mol. The minimum absolute atomic E-state index is 0.289. The van der Waals surface area contributed by atoms with E-state index in [1.165, 1.54) is 12.1 Å². The van der Waals surface area contributed by atoms with Crippen molar-refractivity contribution in [2.75, 3.05) is 14.2 Å². The van der Waals surface area contributed by atoms with E-state index < -0.39 is 23.5 Å². The number of para-hydroxylation sites is 2. The van der Waals surface area contributed by atoms with Crippen LogP contribution in [0.2, 0.25) is 0 Å². The van der Waals surface area contributed by atoms with Crippen LogP contribution in [0.25, 0.3) is 22.8 Å². The molecule has 8 nitrogen and oxygen atoms in total. The number of aromatic nitrogens is 4. The summed E-state index contributed by atoms with van der Waals surface area (Å²) in [4.78, 5) is 16.2. The van der Waals surface area contributed by atoms with Gasteiger partial charge in [0.05, 0.1) is 36.7 Å². The van der Waals surface area contributed by atoms with Gasteiger partial charge in [-0.1, -0.05) is 48.5 Å². The van der Waals surface area contributed by atoms with Crippen LogP contribution in [0.15, 0.2) is 84.9 Å². The number of hydrogen-bond acceptors (Lipinski definition) is 6. The predicted octanol–water partition coefficient (Wildman–Crippen LogP) is 7.94. The second-order valence-corrected chi connectivity index (χ2v) is 10.5.